The summed E-state index contributed by atoms with van der Waals surface area (Å²) in [5.41, 5.74) is 0.825. The van der Waals surface area contributed by atoms with Crippen LogP contribution in [-0.2, 0) is 9.84 Å². The molecule has 0 aliphatic carbocycles. The monoisotopic (exact) mass is 360 g/mol. The second kappa shape index (κ2) is 6.64. The van der Waals surface area contributed by atoms with Gasteiger partial charge in [0.05, 0.1) is 16.4 Å². The van der Waals surface area contributed by atoms with Crippen molar-refractivity contribution < 1.29 is 18.1 Å². The summed E-state index contributed by atoms with van der Waals surface area (Å²) in [6, 6.07) is 12.9. The number of anilines is 1. The molecule has 0 atom stereocenters. The van der Waals surface area contributed by atoms with E-state index in [-0.39, 0.29) is 41.6 Å². The Morgan fingerprint density at radius 2 is 1.64 bits per heavy atom. The van der Waals surface area contributed by atoms with Gasteiger partial charge >= 0.3 is 0 Å². The van der Waals surface area contributed by atoms with Crippen molar-refractivity contribution in [3.63, 3.8) is 0 Å². The van der Waals surface area contributed by atoms with Crippen molar-refractivity contribution in [1.29, 1.82) is 0 Å². The summed E-state index contributed by atoms with van der Waals surface area (Å²) in [5.74, 6) is -0.361. The summed E-state index contributed by atoms with van der Waals surface area (Å²) >= 11 is 0. The predicted octanol–water partition coefficient (Wildman–Crippen LogP) is 2.06. The van der Waals surface area contributed by atoms with Crippen LogP contribution in [0.4, 0.5) is 11.4 Å². The zero-order valence-corrected chi connectivity index (χ0v) is 14.1. The number of sulfone groups is 1. The Kier molecular flexibility index (Phi) is 4.54. The molecule has 0 unspecified atom stereocenters. The van der Waals surface area contributed by atoms with Gasteiger partial charge in [-0.05, 0) is 12.1 Å². The van der Waals surface area contributed by atoms with Crippen LogP contribution in [0.2, 0.25) is 0 Å². The first-order chi connectivity index (χ1) is 11.9. The Balaban J connectivity index is 1.94. The molecular weight excluding hydrogens is 344 g/mol. The fraction of sp³-hybridized carbons (Fsp3) is 0.235. The maximum absolute atomic E-state index is 12.5. The smallest absolute Gasteiger partial charge is 0.293 e. The van der Waals surface area contributed by atoms with Crippen LogP contribution in [0.5, 0.6) is 0 Å². The molecule has 3 rings (SSSR count). The third-order valence-corrected chi connectivity index (χ3v) is 5.76. The molecule has 1 aliphatic heterocycles. The Morgan fingerprint density at radius 3 is 2.24 bits per heavy atom. The molecule has 0 aromatic heterocycles. The molecule has 0 saturated carbocycles. The second-order valence-electron chi connectivity index (χ2n) is 5.79. The van der Waals surface area contributed by atoms with Gasteiger partial charge in [0.2, 0.25) is 0 Å². The fourth-order valence-electron chi connectivity index (χ4n) is 2.79. The van der Waals surface area contributed by atoms with Gasteiger partial charge in [-0.3, -0.25) is 14.9 Å². The second-order valence-corrected chi connectivity index (χ2v) is 8.10. The summed E-state index contributed by atoms with van der Waals surface area (Å²) in [5, 5.41) is 11.5. The van der Waals surface area contributed by atoms with Gasteiger partial charge in [-0.2, -0.15) is 0 Å². The SMILES string of the molecule is O=C(c1ccccc1)c1ccc(N2CCS(=O)(=O)CC2)c([N+](=O)[O-])c1. The van der Waals surface area contributed by atoms with Crippen molar-refractivity contribution in [2.45, 2.75) is 0 Å². The topological polar surface area (TPSA) is 97.6 Å². The third-order valence-electron chi connectivity index (χ3n) is 4.16. The Labute approximate surface area is 145 Å². The fourth-order valence-corrected chi connectivity index (χ4v) is 3.99. The lowest BCUT2D eigenvalue weighted by molar-refractivity contribution is -0.384. The lowest BCUT2D eigenvalue weighted by atomic mass is 10.0. The molecule has 0 radical (unpaired) electrons. The molecule has 0 bridgehead atoms. The van der Waals surface area contributed by atoms with Crippen molar-refractivity contribution in [3.05, 3.63) is 69.8 Å². The highest BCUT2D eigenvalue weighted by atomic mass is 32.2. The van der Waals surface area contributed by atoms with E-state index in [2.05, 4.69) is 0 Å². The zero-order valence-electron chi connectivity index (χ0n) is 13.3. The molecule has 8 heteroatoms. The number of nitro benzene ring substituents is 1. The van der Waals surface area contributed by atoms with Gasteiger partial charge < -0.3 is 4.90 Å². The average molecular weight is 360 g/mol. The molecule has 0 amide bonds. The number of hydrogen-bond acceptors (Lipinski definition) is 6. The highest BCUT2D eigenvalue weighted by Gasteiger charge is 2.27. The molecule has 130 valence electrons. The van der Waals surface area contributed by atoms with Crippen molar-refractivity contribution in [2.24, 2.45) is 0 Å². The maximum Gasteiger partial charge on any atom is 0.293 e. The first kappa shape index (κ1) is 17.1. The number of rotatable bonds is 4. The number of nitro groups is 1. The molecule has 1 saturated heterocycles. The molecule has 2 aromatic carbocycles. The van der Waals surface area contributed by atoms with Crippen molar-refractivity contribution in [2.75, 3.05) is 29.5 Å². The summed E-state index contributed by atoms with van der Waals surface area (Å²) in [6.45, 7) is 0.407. The highest BCUT2D eigenvalue weighted by Crippen LogP contribution is 2.31. The van der Waals surface area contributed by atoms with Crippen LogP contribution in [0.1, 0.15) is 15.9 Å². The summed E-state index contributed by atoms with van der Waals surface area (Å²) in [7, 11) is -3.08. The van der Waals surface area contributed by atoms with E-state index in [0.717, 1.165) is 0 Å². The molecule has 0 spiro atoms. The lowest BCUT2D eigenvalue weighted by Gasteiger charge is -2.28. The van der Waals surface area contributed by atoms with Crippen LogP contribution in [0.25, 0.3) is 0 Å². The number of benzene rings is 2. The van der Waals surface area contributed by atoms with Crippen LogP contribution >= 0.6 is 0 Å². The molecule has 0 N–H and O–H groups in total. The largest absolute Gasteiger partial charge is 0.364 e. The molecule has 7 nitrogen and oxygen atoms in total. The number of ketones is 1. The maximum atomic E-state index is 12.5. The van der Waals surface area contributed by atoms with E-state index in [1.54, 1.807) is 41.3 Å². The van der Waals surface area contributed by atoms with E-state index in [4.69, 9.17) is 0 Å². The van der Waals surface area contributed by atoms with Crippen LogP contribution in [0.3, 0.4) is 0 Å². The summed E-state index contributed by atoms with van der Waals surface area (Å²) in [6.07, 6.45) is 0. The Morgan fingerprint density at radius 1 is 1.00 bits per heavy atom. The van der Waals surface area contributed by atoms with E-state index < -0.39 is 14.8 Å². The molecule has 1 fully saturated rings. The lowest BCUT2D eigenvalue weighted by Crippen LogP contribution is -2.40. The predicted molar refractivity (Wildman–Crippen MR) is 93.8 cm³/mol. The minimum atomic E-state index is -3.08. The number of carbonyl (C=O) groups excluding carboxylic acids is 1. The van der Waals surface area contributed by atoms with Gasteiger partial charge in [-0.25, -0.2) is 8.42 Å². The summed E-state index contributed by atoms with van der Waals surface area (Å²) in [4.78, 5) is 25.1. The van der Waals surface area contributed by atoms with Crippen LogP contribution < -0.4 is 4.90 Å². The average Bonchev–Trinajstić information content (AvgIpc) is 2.61. The van der Waals surface area contributed by atoms with E-state index in [1.165, 1.54) is 12.1 Å². The number of nitrogens with zero attached hydrogens (tertiary/aromatic N) is 2. The van der Waals surface area contributed by atoms with E-state index in [9.17, 15) is 23.3 Å². The van der Waals surface area contributed by atoms with Crippen LogP contribution in [0.15, 0.2) is 48.5 Å². The zero-order chi connectivity index (χ0) is 18.0. The van der Waals surface area contributed by atoms with Crippen molar-refractivity contribution in [3.8, 4) is 0 Å². The Hall–Kier alpha value is -2.74. The quantitative estimate of drug-likeness (QED) is 0.470. The van der Waals surface area contributed by atoms with Crippen LogP contribution in [0, 0.1) is 10.1 Å². The molecular formula is C17H16N2O5S. The van der Waals surface area contributed by atoms with E-state index in [1.807, 2.05) is 0 Å². The van der Waals surface area contributed by atoms with Crippen LogP contribution in [-0.4, -0.2) is 43.7 Å². The van der Waals surface area contributed by atoms with Gasteiger partial charge in [-0.1, -0.05) is 30.3 Å². The Bertz CT molecular complexity index is 911. The van der Waals surface area contributed by atoms with Gasteiger partial charge in [0, 0.05) is 30.3 Å². The number of hydrogen-bond donors (Lipinski definition) is 0. The molecule has 1 heterocycles. The number of carbonyl (C=O) groups is 1. The molecule has 1 aliphatic rings. The normalized spacial score (nSPS) is 16.4. The van der Waals surface area contributed by atoms with Gasteiger partial charge in [-0.15, -0.1) is 0 Å². The van der Waals surface area contributed by atoms with Crippen molar-refractivity contribution in [1.82, 2.24) is 0 Å². The third kappa shape index (κ3) is 3.69. The minimum Gasteiger partial charge on any atom is -0.364 e. The van der Waals surface area contributed by atoms with Gasteiger partial charge in [0.25, 0.3) is 5.69 Å². The minimum absolute atomic E-state index is 0.0329. The van der Waals surface area contributed by atoms with Gasteiger partial charge in [0.15, 0.2) is 15.6 Å². The first-order valence-electron chi connectivity index (χ1n) is 7.71. The standard InChI is InChI=1S/C17H16N2O5S/c20-17(13-4-2-1-3-5-13)14-6-7-15(16(12-14)19(21)22)18-8-10-25(23,24)11-9-18/h1-7,12H,8-11H2. The van der Waals surface area contributed by atoms with Crippen molar-refractivity contribution >= 4 is 27.0 Å². The van der Waals surface area contributed by atoms with E-state index in [0.29, 0.717) is 11.3 Å². The summed E-state index contributed by atoms with van der Waals surface area (Å²) < 4.78 is 23.1. The molecule has 25 heavy (non-hydrogen) atoms. The van der Waals surface area contributed by atoms with Gasteiger partial charge in [0.1, 0.15) is 5.69 Å². The highest BCUT2D eigenvalue weighted by molar-refractivity contribution is 7.91. The molecule has 2 aromatic rings. The first-order valence-corrected chi connectivity index (χ1v) is 9.53. The van der Waals surface area contributed by atoms with E-state index >= 15 is 0 Å².